The van der Waals surface area contributed by atoms with E-state index in [2.05, 4.69) is 26.7 Å². The van der Waals surface area contributed by atoms with Gasteiger partial charge in [-0.2, -0.15) is 0 Å². The Morgan fingerprint density at radius 3 is 3.00 bits per heavy atom. The average molecular weight is 305 g/mol. The summed E-state index contributed by atoms with van der Waals surface area (Å²) in [6.45, 7) is 1.54. The lowest BCUT2D eigenvalue weighted by Crippen LogP contribution is -2.12. The summed E-state index contributed by atoms with van der Waals surface area (Å²) < 4.78 is 17.5. The van der Waals surface area contributed by atoms with Crippen LogP contribution < -0.4 is 5.32 Å². The third-order valence-electron chi connectivity index (χ3n) is 2.63. The van der Waals surface area contributed by atoms with E-state index in [4.69, 9.17) is 5.11 Å². The van der Waals surface area contributed by atoms with Crippen LogP contribution in [-0.2, 0) is 6.42 Å². The fraction of sp³-hybridized carbons (Fsp3) is 0.214. The van der Waals surface area contributed by atoms with Crippen molar-refractivity contribution in [1.82, 2.24) is 9.59 Å². The summed E-state index contributed by atoms with van der Waals surface area (Å²) in [5.41, 5.74) is 1.10. The van der Waals surface area contributed by atoms with E-state index in [-0.39, 0.29) is 18.1 Å². The first-order chi connectivity index (χ1) is 10.2. The van der Waals surface area contributed by atoms with Crippen LogP contribution in [0.1, 0.15) is 27.9 Å². The van der Waals surface area contributed by atoms with Gasteiger partial charge in [0, 0.05) is 5.69 Å². The van der Waals surface area contributed by atoms with E-state index in [0.29, 0.717) is 22.7 Å². The molecular formula is C14H12FN3O2S. The Morgan fingerprint density at radius 2 is 2.33 bits per heavy atom. The zero-order valence-electron chi connectivity index (χ0n) is 11.2. The first kappa shape index (κ1) is 15.1. The molecule has 0 spiro atoms. The molecule has 0 saturated carbocycles. The summed E-state index contributed by atoms with van der Waals surface area (Å²) in [4.78, 5) is 12.5. The Kier molecular flexibility index (Phi) is 4.98. The summed E-state index contributed by atoms with van der Waals surface area (Å²) >= 11 is 1.00. The van der Waals surface area contributed by atoms with Crippen molar-refractivity contribution < 1.29 is 14.3 Å². The molecule has 21 heavy (non-hydrogen) atoms. The van der Waals surface area contributed by atoms with Crippen LogP contribution in [0.2, 0.25) is 0 Å². The summed E-state index contributed by atoms with van der Waals surface area (Å²) in [6.07, 6.45) is 0.600. The molecule has 2 aromatic rings. The van der Waals surface area contributed by atoms with Crippen LogP contribution in [-0.4, -0.2) is 27.2 Å². The number of aliphatic hydroxyl groups excluding tert-OH is 1. The molecule has 0 unspecified atom stereocenters. The molecule has 2 rings (SSSR count). The number of anilines is 1. The van der Waals surface area contributed by atoms with Crippen molar-refractivity contribution in [1.29, 1.82) is 0 Å². The third-order valence-corrected chi connectivity index (χ3v) is 3.39. The summed E-state index contributed by atoms with van der Waals surface area (Å²) in [7, 11) is 0. The van der Waals surface area contributed by atoms with Gasteiger partial charge in [0.2, 0.25) is 0 Å². The fourth-order valence-electron chi connectivity index (χ4n) is 1.63. The zero-order valence-corrected chi connectivity index (χ0v) is 12.0. The minimum Gasteiger partial charge on any atom is -0.384 e. The number of carbonyl (C=O) groups is 1. The van der Waals surface area contributed by atoms with Gasteiger partial charge in [-0.15, -0.1) is 5.10 Å². The maximum atomic E-state index is 13.8. The molecule has 7 heteroatoms. The number of hydrogen-bond donors (Lipinski definition) is 2. The van der Waals surface area contributed by atoms with Gasteiger partial charge in [0.15, 0.2) is 0 Å². The molecule has 0 bridgehead atoms. The lowest BCUT2D eigenvalue weighted by molar-refractivity contribution is 0.102. The molecule has 0 fully saturated rings. The molecule has 0 aliphatic carbocycles. The second-order valence-electron chi connectivity index (χ2n) is 4.01. The molecule has 0 saturated heterocycles. The van der Waals surface area contributed by atoms with E-state index < -0.39 is 5.82 Å². The van der Waals surface area contributed by atoms with Crippen molar-refractivity contribution in [3.05, 3.63) is 40.2 Å². The third kappa shape index (κ3) is 3.62. The standard InChI is InChI=1S/C14H12FN3O2S/c1-2-12-13(21-18-17-12)14(20)16-10-6-5-9(4-3-7-19)11(15)8-10/h5-6,8,19H,2,7H2,1H3,(H,16,20). The average Bonchev–Trinajstić information content (AvgIpc) is 2.95. The van der Waals surface area contributed by atoms with Crippen molar-refractivity contribution in [3.8, 4) is 11.8 Å². The smallest absolute Gasteiger partial charge is 0.269 e. The van der Waals surface area contributed by atoms with Crippen LogP contribution in [0.4, 0.5) is 10.1 Å². The number of rotatable bonds is 3. The molecule has 1 heterocycles. The number of benzene rings is 1. The largest absolute Gasteiger partial charge is 0.384 e. The van der Waals surface area contributed by atoms with Gasteiger partial charge in [0.05, 0.1) is 11.3 Å². The molecule has 1 amide bonds. The zero-order chi connectivity index (χ0) is 15.2. The predicted octanol–water partition coefficient (Wildman–Crippen LogP) is 1.84. The first-order valence-corrected chi connectivity index (χ1v) is 6.95. The molecule has 2 N–H and O–H groups in total. The Labute approximate surface area is 125 Å². The van der Waals surface area contributed by atoms with Crippen LogP contribution in [0, 0.1) is 17.7 Å². The van der Waals surface area contributed by atoms with Gasteiger partial charge in [-0.25, -0.2) is 4.39 Å². The van der Waals surface area contributed by atoms with Crippen molar-refractivity contribution >= 4 is 23.1 Å². The number of carbonyl (C=O) groups excluding carboxylic acids is 1. The van der Waals surface area contributed by atoms with Gasteiger partial charge in [-0.3, -0.25) is 4.79 Å². The molecule has 0 aliphatic rings. The number of aryl methyl sites for hydroxylation is 1. The van der Waals surface area contributed by atoms with Crippen LogP contribution >= 0.6 is 11.5 Å². The van der Waals surface area contributed by atoms with E-state index in [1.165, 1.54) is 12.1 Å². The van der Waals surface area contributed by atoms with Crippen molar-refractivity contribution in [2.24, 2.45) is 0 Å². The summed E-state index contributed by atoms with van der Waals surface area (Å²) in [5, 5.41) is 15.0. The molecular weight excluding hydrogens is 293 g/mol. The van der Waals surface area contributed by atoms with Crippen molar-refractivity contribution in [2.45, 2.75) is 13.3 Å². The van der Waals surface area contributed by atoms with Crippen LogP contribution in [0.15, 0.2) is 18.2 Å². The summed E-state index contributed by atoms with van der Waals surface area (Å²) in [6, 6.07) is 4.17. The molecule has 0 radical (unpaired) electrons. The molecule has 108 valence electrons. The van der Waals surface area contributed by atoms with Gasteiger partial charge in [0.25, 0.3) is 5.91 Å². The quantitative estimate of drug-likeness (QED) is 0.849. The lowest BCUT2D eigenvalue weighted by Gasteiger charge is -2.05. The number of nitrogens with zero attached hydrogens (tertiary/aromatic N) is 2. The Bertz CT molecular complexity index is 718. The van der Waals surface area contributed by atoms with Gasteiger partial charge < -0.3 is 10.4 Å². The monoisotopic (exact) mass is 305 g/mol. The van der Waals surface area contributed by atoms with E-state index in [9.17, 15) is 9.18 Å². The number of nitrogens with one attached hydrogen (secondary N) is 1. The van der Waals surface area contributed by atoms with Crippen LogP contribution in [0.5, 0.6) is 0 Å². The van der Waals surface area contributed by atoms with Gasteiger partial charge in [-0.1, -0.05) is 23.3 Å². The van der Waals surface area contributed by atoms with E-state index in [0.717, 1.165) is 11.5 Å². The van der Waals surface area contributed by atoms with Crippen LogP contribution in [0.25, 0.3) is 0 Å². The van der Waals surface area contributed by atoms with Gasteiger partial charge in [-0.05, 0) is 36.2 Å². The maximum Gasteiger partial charge on any atom is 0.269 e. The molecule has 1 aromatic carbocycles. The highest BCUT2D eigenvalue weighted by Gasteiger charge is 2.15. The van der Waals surface area contributed by atoms with E-state index in [1.807, 2.05) is 6.92 Å². The fourth-order valence-corrected chi connectivity index (χ4v) is 2.27. The minimum atomic E-state index is -0.563. The number of hydrogen-bond acceptors (Lipinski definition) is 5. The Hall–Kier alpha value is -2.30. The Balaban J connectivity index is 2.17. The molecule has 1 aromatic heterocycles. The molecule has 0 aliphatic heterocycles. The highest BCUT2D eigenvalue weighted by molar-refractivity contribution is 7.08. The van der Waals surface area contributed by atoms with Crippen LogP contribution in [0.3, 0.4) is 0 Å². The minimum absolute atomic E-state index is 0.163. The van der Waals surface area contributed by atoms with Gasteiger partial charge >= 0.3 is 0 Å². The van der Waals surface area contributed by atoms with Gasteiger partial charge in [0.1, 0.15) is 17.3 Å². The second-order valence-corrected chi connectivity index (χ2v) is 4.77. The van der Waals surface area contributed by atoms with Crippen molar-refractivity contribution in [3.63, 3.8) is 0 Å². The highest BCUT2D eigenvalue weighted by atomic mass is 32.1. The lowest BCUT2D eigenvalue weighted by atomic mass is 10.2. The Morgan fingerprint density at radius 1 is 1.52 bits per heavy atom. The molecule has 5 nitrogen and oxygen atoms in total. The van der Waals surface area contributed by atoms with Crippen molar-refractivity contribution in [2.75, 3.05) is 11.9 Å². The number of halogens is 1. The number of amides is 1. The van der Waals surface area contributed by atoms with E-state index in [1.54, 1.807) is 6.07 Å². The normalized spacial score (nSPS) is 9.86. The number of aliphatic hydroxyl groups is 1. The second kappa shape index (κ2) is 6.92. The maximum absolute atomic E-state index is 13.8. The number of aromatic nitrogens is 2. The SMILES string of the molecule is CCc1nnsc1C(=O)Nc1ccc(C#CCO)c(F)c1. The molecule has 0 atom stereocenters. The predicted molar refractivity (Wildman–Crippen MR) is 77.6 cm³/mol. The highest BCUT2D eigenvalue weighted by Crippen LogP contribution is 2.17. The summed E-state index contributed by atoms with van der Waals surface area (Å²) in [5.74, 6) is 3.92. The topological polar surface area (TPSA) is 75.1 Å². The van der Waals surface area contributed by atoms with E-state index >= 15 is 0 Å². The first-order valence-electron chi connectivity index (χ1n) is 6.17.